The van der Waals surface area contributed by atoms with E-state index in [1.807, 2.05) is 23.1 Å². The zero-order chi connectivity index (χ0) is 14.5. The van der Waals surface area contributed by atoms with Crippen LogP contribution in [0.1, 0.15) is 28.9 Å². The topological polar surface area (TPSA) is 48.1 Å². The lowest BCUT2D eigenvalue weighted by Crippen LogP contribution is -2.44. The van der Waals surface area contributed by atoms with Gasteiger partial charge in [-0.05, 0) is 30.5 Å². The second-order valence-corrected chi connectivity index (χ2v) is 5.52. The maximum absolute atomic E-state index is 12.2. The van der Waals surface area contributed by atoms with Crippen LogP contribution in [0.4, 0.5) is 0 Å². The molecule has 0 bridgehead atoms. The number of aromatic amines is 1. The number of piperidine rings is 1. The Kier molecular flexibility index (Phi) is 4.36. The highest BCUT2D eigenvalue weighted by molar-refractivity contribution is 5.92. The fraction of sp³-hybridized carbons (Fsp3) is 0.353. The number of likely N-dealkylation sites (tertiary alicyclic amines) is 1. The molecular weight excluding hydrogens is 262 g/mol. The lowest BCUT2D eigenvalue weighted by Gasteiger charge is -2.32. The minimum Gasteiger partial charge on any atom is -0.357 e. The van der Waals surface area contributed by atoms with Gasteiger partial charge in [-0.15, -0.1) is 0 Å². The van der Waals surface area contributed by atoms with Gasteiger partial charge < -0.3 is 15.2 Å². The molecule has 0 aliphatic carbocycles. The summed E-state index contributed by atoms with van der Waals surface area (Å²) < 4.78 is 0. The molecule has 0 unspecified atom stereocenters. The second kappa shape index (κ2) is 6.59. The third-order valence-corrected chi connectivity index (χ3v) is 4.05. The summed E-state index contributed by atoms with van der Waals surface area (Å²) in [5, 5.41) is 3.59. The average Bonchev–Trinajstić information content (AvgIpc) is 3.08. The first-order chi connectivity index (χ1) is 10.3. The molecule has 1 aliphatic heterocycles. The zero-order valence-corrected chi connectivity index (χ0v) is 12.1. The van der Waals surface area contributed by atoms with Crippen LogP contribution < -0.4 is 5.32 Å². The normalized spacial score (nSPS) is 16.1. The Morgan fingerprint density at radius 1 is 1.14 bits per heavy atom. The van der Waals surface area contributed by atoms with E-state index in [9.17, 15) is 4.79 Å². The smallest absolute Gasteiger partial charge is 0.270 e. The van der Waals surface area contributed by atoms with Gasteiger partial charge in [-0.3, -0.25) is 4.79 Å². The number of benzene rings is 1. The molecule has 21 heavy (non-hydrogen) atoms. The molecule has 0 spiro atoms. The second-order valence-electron chi connectivity index (χ2n) is 5.52. The number of amides is 1. The summed E-state index contributed by atoms with van der Waals surface area (Å²) in [6, 6.07) is 14.6. The van der Waals surface area contributed by atoms with Crippen LogP contribution in [0.5, 0.6) is 0 Å². The average molecular weight is 283 g/mol. The number of carbonyl (C=O) groups is 1. The lowest BCUT2D eigenvalue weighted by atomic mass is 10.0. The van der Waals surface area contributed by atoms with Crippen molar-refractivity contribution in [1.82, 2.24) is 15.2 Å². The van der Waals surface area contributed by atoms with Crippen LogP contribution in [0.3, 0.4) is 0 Å². The summed E-state index contributed by atoms with van der Waals surface area (Å²) in [4.78, 5) is 17.1. The van der Waals surface area contributed by atoms with Crippen molar-refractivity contribution < 1.29 is 4.79 Å². The Morgan fingerprint density at radius 3 is 2.57 bits per heavy atom. The summed E-state index contributed by atoms with van der Waals surface area (Å²) in [6.45, 7) is 2.55. The van der Waals surface area contributed by atoms with E-state index >= 15 is 0 Å². The van der Waals surface area contributed by atoms with Crippen LogP contribution in [0.25, 0.3) is 0 Å². The van der Waals surface area contributed by atoms with E-state index in [2.05, 4.69) is 34.6 Å². The molecule has 1 aliphatic rings. The number of nitrogens with one attached hydrogen (secondary N) is 2. The minimum atomic E-state index is 0.113. The molecule has 1 aromatic carbocycles. The zero-order valence-electron chi connectivity index (χ0n) is 12.1. The van der Waals surface area contributed by atoms with E-state index in [1.54, 1.807) is 6.20 Å². The summed E-state index contributed by atoms with van der Waals surface area (Å²) >= 11 is 0. The quantitative estimate of drug-likeness (QED) is 0.905. The van der Waals surface area contributed by atoms with Gasteiger partial charge in [0.05, 0.1) is 0 Å². The van der Waals surface area contributed by atoms with Gasteiger partial charge in [0, 0.05) is 31.9 Å². The van der Waals surface area contributed by atoms with Crippen LogP contribution in [-0.4, -0.2) is 34.9 Å². The van der Waals surface area contributed by atoms with Crippen molar-refractivity contribution in [2.24, 2.45) is 0 Å². The molecule has 2 N–H and O–H groups in total. The summed E-state index contributed by atoms with van der Waals surface area (Å²) in [6.07, 6.45) is 3.82. The molecule has 1 aromatic heterocycles. The largest absolute Gasteiger partial charge is 0.357 e. The number of H-pyrrole nitrogens is 1. The van der Waals surface area contributed by atoms with Gasteiger partial charge in [-0.25, -0.2) is 0 Å². The fourth-order valence-electron chi connectivity index (χ4n) is 2.78. The Morgan fingerprint density at radius 2 is 1.90 bits per heavy atom. The molecule has 1 amide bonds. The third kappa shape index (κ3) is 3.52. The summed E-state index contributed by atoms with van der Waals surface area (Å²) in [5.41, 5.74) is 1.99. The number of aromatic nitrogens is 1. The standard InChI is InChI=1S/C17H21N3O/c21-17(16-7-4-10-18-16)20-11-8-15(9-12-20)19-13-14-5-2-1-3-6-14/h1-7,10,15,18-19H,8-9,11-13H2. The van der Waals surface area contributed by atoms with E-state index in [1.165, 1.54) is 5.56 Å². The third-order valence-electron chi connectivity index (χ3n) is 4.05. The Labute approximate surface area is 125 Å². The van der Waals surface area contributed by atoms with Crippen molar-refractivity contribution >= 4 is 5.91 Å². The van der Waals surface area contributed by atoms with Crippen molar-refractivity contribution in [3.63, 3.8) is 0 Å². The van der Waals surface area contributed by atoms with Crippen molar-refractivity contribution in [3.05, 3.63) is 59.9 Å². The van der Waals surface area contributed by atoms with Crippen molar-refractivity contribution in [2.45, 2.75) is 25.4 Å². The van der Waals surface area contributed by atoms with Gasteiger partial charge in [0.15, 0.2) is 0 Å². The maximum Gasteiger partial charge on any atom is 0.270 e. The summed E-state index contributed by atoms with van der Waals surface area (Å²) in [7, 11) is 0. The van der Waals surface area contributed by atoms with Crippen molar-refractivity contribution in [3.8, 4) is 0 Å². The number of hydrogen-bond acceptors (Lipinski definition) is 2. The first-order valence-electron chi connectivity index (χ1n) is 7.53. The Balaban J connectivity index is 1.46. The number of rotatable bonds is 4. The predicted molar refractivity (Wildman–Crippen MR) is 83.0 cm³/mol. The maximum atomic E-state index is 12.2. The molecule has 0 saturated carbocycles. The Hall–Kier alpha value is -2.07. The molecule has 2 heterocycles. The molecule has 2 aromatic rings. The van der Waals surface area contributed by atoms with Crippen LogP contribution in [-0.2, 0) is 6.54 Å². The van der Waals surface area contributed by atoms with Crippen LogP contribution in [0, 0.1) is 0 Å². The van der Waals surface area contributed by atoms with Gasteiger partial charge in [-0.2, -0.15) is 0 Å². The highest BCUT2D eigenvalue weighted by atomic mass is 16.2. The monoisotopic (exact) mass is 283 g/mol. The van der Waals surface area contributed by atoms with Gasteiger partial charge in [0.2, 0.25) is 0 Å². The SMILES string of the molecule is O=C(c1ccc[nH]1)N1CCC(NCc2ccccc2)CC1. The highest BCUT2D eigenvalue weighted by Crippen LogP contribution is 2.14. The molecule has 0 radical (unpaired) electrons. The molecule has 1 fully saturated rings. The highest BCUT2D eigenvalue weighted by Gasteiger charge is 2.23. The van der Waals surface area contributed by atoms with Gasteiger partial charge >= 0.3 is 0 Å². The van der Waals surface area contributed by atoms with Crippen LogP contribution >= 0.6 is 0 Å². The predicted octanol–water partition coefficient (Wildman–Crippen LogP) is 2.41. The van der Waals surface area contributed by atoms with Gasteiger partial charge in [-0.1, -0.05) is 30.3 Å². The summed E-state index contributed by atoms with van der Waals surface area (Å²) in [5.74, 6) is 0.113. The van der Waals surface area contributed by atoms with Gasteiger partial charge in [0.1, 0.15) is 5.69 Å². The van der Waals surface area contributed by atoms with Crippen molar-refractivity contribution in [1.29, 1.82) is 0 Å². The molecule has 4 heteroatoms. The van der Waals surface area contributed by atoms with Crippen LogP contribution in [0.15, 0.2) is 48.7 Å². The lowest BCUT2D eigenvalue weighted by molar-refractivity contribution is 0.0699. The van der Waals surface area contributed by atoms with E-state index in [0.29, 0.717) is 11.7 Å². The number of carbonyl (C=O) groups excluding carboxylic acids is 1. The van der Waals surface area contributed by atoms with Gasteiger partial charge in [0.25, 0.3) is 5.91 Å². The molecular formula is C17H21N3O. The van der Waals surface area contributed by atoms with Crippen LogP contribution in [0.2, 0.25) is 0 Å². The fourth-order valence-corrected chi connectivity index (χ4v) is 2.78. The first kappa shape index (κ1) is 13.9. The first-order valence-corrected chi connectivity index (χ1v) is 7.53. The molecule has 3 rings (SSSR count). The van der Waals surface area contributed by atoms with E-state index in [-0.39, 0.29) is 5.91 Å². The Bertz CT molecular complexity index is 557. The molecule has 1 saturated heterocycles. The minimum absolute atomic E-state index is 0.113. The van der Waals surface area contributed by atoms with E-state index in [4.69, 9.17) is 0 Å². The van der Waals surface area contributed by atoms with E-state index in [0.717, 1.165) is 32.5 Å². The molecule has 0 atom stereocenters. The number of hydrogen-bond donors (Lipinski definition) is 2. The molecule has 4 nitrogen and oxygen atoms in total. The van der Waals surface area contributed by atoms with E-state index < -0.39 is 0 Å². The van der Waals surface area contributed by atoms with Crippen molar-refractivity contribution in [2.75, 3.05) is 13.1 Å². The number of nitrogens with zero attached hydrogens (tertiary/aromatic N) is 1. The molecule has 110 valence electrons.